The number of hydrogen-bond donors (Lipinski definition) is 2. The van der Waals surface area contributed by atoms with Crippen molar-refractivity contribution >= 4 is 0 Å². The summed E-state index contributed by atoms with van der Waals surface area (Å²) in [5.74, 6) is 0. The van der Waals surface area contributed by atoms with Gasteiger partial charge in [-0.1, -0.05) is 51.2 Å². The van der Waals surface area contributed by atoms with E-state index in [0.717, 1.165) is 13.0 Å². The van der Waals surface area contributed by atoms with Crippen molar-refractivity contribution in [2.45, 2.75) is 27.2 Å². The highest BCUT2D eigenvalue weighted by Crippen LogP contribution is 2.22. The molecule has 1 aliphatic rings. The molecule has 0 atom stereocenters. The molecule has 0 bridgehead atoms. The quantitative estimate of drug-likeness (QED) is 0.761. The molecular weight excluding hydrogens is 208 g/mol. The summed E-state index contributed by atoms with van der Waals surface area (Å²) in [5.41, 5.74) is 2.70. The maximum Gasteiger partial charge on any atom is 0.0398 e. The largest absolute Gasteiger partial charge is 0.393 e. The summed E-state index contributed by atoms with van der Waals surface area (Å²) < 4.78 is 0. The van der Waals surface area contributed by atoms with Crippen LogP contribution in [0.4, 0.5) is 0 Å². The highest BCUT2D eigenvalue weighted by atomic mass is 14.9. The van der Waals surface area contributed by atoms with E-state index in [1.54, 1.807) is 0 Å². The zero-order chi connectivity index (χ0) is 12.7. The van der Waals surface area contributed by atoms with Gasteiger partial charge in [-0.2, -0.15) is 0 Å². The van der Waals surface area contributed by atoms with Gasteiger partial charge in [0.2, 0.25) is 0 Å². The van der Waals surface area contributed by atoms with Crippen LogP contribution in [0.1, 0.15) is 27.2 Å². The third kappa shape index (κ3) is 4.94. The van der Waals surface area contributed by atoms with Gasteiger partial charge in [-0.05, 0) is 12.0 Å². The van der Waals surface area contributed by atoms with Crippen LogP contribution in [0.2, 0.25) is 0 Å². The normalized spacial score (nSPS) is 18.6. The Morgan fingerprint density at radius 2 is 2.12 bits per heavy atom. The highest BCUT2D eigenvalue weighted by Gasteiger charge is 2.10. The first-order valence-electron chi connectivity index (χ1n) is 6.25. The first kappa shape index (κ1) is 13.6. The smallest absolute Gasteiger partial charge is 0.0398 e. The van der Waals surface area contributed by atoms with E-state index in [1.165, 1.54) is 11.3 Å². The van der Waals surface area contributed by atoms with Crippen LogP contribution < -0.4 is 10.6 Å². The van der Waals surface area contributed by atoms with Crippen molar-refractivity contribution in [3.63, 3.8) is 0 Å². The molecular formula is C15H24N2. The van der Waals surface area contributed by atoms with Gasteiger partial charge in [0.1, 0.15) is 0 Å². The lowest BCUT2D eigenvalue weighted by Crippen LogP contribution is -2.17. The van der Waals surface area contributed by atoms with E-state index in [9.17, 15) is 0 Å². The molecule has 0 aliphatic heterocycles. The van der Waals surface area contributed by atoms with Gasteiger partial charge in [0.15, 0.2) is 0 Å². The molecule has 0 spiro atoms. The topological polar surface area (TPSA) is 24.1 Å². The second-order valence-corrected chi connectivity index (χ2v) is 4.92. The van der Waals surface area contributed by atoms with Crippen LogP contribution in [-0.2, 0) is 0 Å². The molecule has 0 heterocycles. The highest BCUT2D eigenvalue weighted by molar-refractivity contribution is 5.32. The average Bonchev–Trinajstić information content (AvgIpc) is 2.46. The van der Waals surface area contributed by atoms with Crippen molar-refractivity contribution in [3.8, 4) is 0 Å². The van der Waals surface area contributed by atoms with Crippen LogP contribution in [0, 0.1) is 5.41 Å². The molecule has 0 fully saturated rings. The van der Waals surface area contributed by atoms with Crippen LogP contribution in [-0.4, -0.2) is 13.6 Å². The van der Waals surface area contributed by atoms with Crippen molar-refractivity contribution in [3.05, 3.63) is 47.9 Å². The van der Waals surface area contributed by atoms with Crippen molar-refractivity contribution in [2.24, 2.45) is 5.41 Å². The lowest BCUT2D eigenvalue weighted by Gasteiger charge is -2.13. The number of hydrogen-bond acceptors (Lipinski definition) is 2. The Kier molecular flexibility index (Phi) is 5.08. The maximum atomic E-state index is 3.44. The van der Waals surface area contributed by atoms with E-state index in [4.69, 9.17) is 0 Å². The summed E-state index contributed by atoms with van der Waals surface area (Å²) in [5, 5.41) is 6.50. The fraction of sp³-hybridized carbons (Fsp3) is 0.467. The van der Waals surface area contributed by atoms with Crippen molar-refractivity contribution < 1.29 is 0 Å². The standard InChI is InChI=1S/C15H24N2/c1-5-14(12-16-4)17-11-13-7-6-9-15(2,3)10-8-13/h6-10,12,16-17H,5,11H2,1-4H3/b14-12+. The molecule has 2 nitrogen and oxygen atoms in total. The monoisotopic (exact) mass is 232 g/mol. The molecule has 0 saturated carbocycles. The second-order valence-electron chi connectivity index (χ2n) is 4.92. The van der Waals surface area contributed by atoms with Gasteiger partial charge in [-0.3, -0.25) is 0 Å². The van der Waals surface area contributed by atoms with Gasteiger partial charge in [0.05, 0.1) is 0 Å². The minimum atomic E-state index is 0.159. The Morgan fingerprint density at radius 3 is 2.76 bits per heavy atom. The molecule has 0 aromatic heterocycles. The Labute approximate surface area is 105 Å². The Bertz CT molecular complexity index is 357. The summed E-state index contributed by atoms with van der Waals surface area (Å²) in [6.07, 6.45) is 14.0. The molecule has 0 amide bonds. The van der Waals surface area contributed by atoms with Crippen LogP contribution in [0.15, 0.2) is 47.9 Å². The van der Waals surface area contributed by atoms with Gasteiger partial charge < -0.3 is 10.6 Å². The minimum Gasteiger partial charge on any atom is -0.393 e. The van der Waals surface area contributed by atoms with Gasteiger partial charge in [0.25, 0.3) is 0 Å². The van der Waals surface area contributed by atoms with Crippen molar-refractivity contribution in [1.29, 1.82) is 0 Å². The van der Waals surface area contributed by atoms with E-state index in [1.807, 2.05) is 13.2 Å². The first-order chi connectivity index (χ1) is 8.07. The molecule has 0 radical (unpaired) electrons. The first-order valence-corrected chi connectivity index (χ1v) is 6.25. The van der Waals surface area contributed by atoms with Gasteiger partial charge in [0, 0.05) is 30.9 Å². The van der Waals surface area contributed by atoms with Crippen LogP contribution in [0.25, 0.3) is 0 Å². The molecule has 0 aromatic rings. The molecule has 17 heavy (non-hydrogen) atoms. The summed E-state index contributed by atoms with van der Waals surface area (Å²) in [4.78, 5) is 0. The van der Waals surface area contributed by atoms with E-state index in [2.05, 4.69) is 61.8 Å². The molecule has 0 aromatic carbocycles. The van der Waals surface area contributed by atoms with E-state index >= 15 is 0 Å². The minimum absolute atomic E-state index is 0.159. The fourth-order valence-electron chi connectivity index (χ4n) is 1.64. The predicted octanol–water partition coefficient (Wildman–Crippen LogP) is 3.13. The summed E-state index contributed by atoms with van der Waals surface area (Å²) in [6, 6.07) is 0. The molecule has 1 aliphatic carbocycles. The zero-order valence-corrected chi connectivity index (χ0v) is 11.4. The number of nitrogens with one attached hydrogen (secondary N) is 2. The third-order valence-corrected chi connectivity index (χ3v) is 2.78. The molecule has 94 valence electrons. The average molecular weight is 232 g/mol. The predicted molar refractivity (Wildman–Crippen MR) is 75.6 cm³/mol. The van der Waals surface area contributed by atoms with Crippen molar-refractivity contribution in [2.75, 3.05) is 13.6 Å². The molecule has 2 N–H and O–H groups in total. The summed E-state index contributed by atoms with van der Waals surface area (Å²) in [6.45, 7) is 7.44. The lowest BCUT2D eigenvalue weighted by atomic mass is 9.93. The van der Waals surface area contributed by atoms with E-state index < -0.39 is 0 Å². The van der Waals surface area contributed by atoms with Crippen LogP contribution >= 0.6 is 0 Å². The van der Waals surface area contributed by atoms with Crippen LogP contribution in [0.5, 0.6) is 0 Å². The summed E-state index contributed by atoms with van der Waals surface area (Å²) in [7, 11) is 1.92. The Hall–Kier alpha value is -1.44. The molecule has 0 unspecified atom stereocenters. The Balaban J connectivity index is 2.57. The van der Waals surface area contributed by atoms with Gasteiger partial charge in [-0.15, -0.1) is 0 Å². The maximum absolute atomic E-state index is 3.44. The van der Waals surface area contributed by atoms with E-state index in [0.29, 0.717) is 0 Å². The van der Waals surface area contributed by atoms with Gasteiger partial charge in [-0.25, -0.2) is 0 Å². The Morgan fingerprint density at radius 1 is 1.35 bits per heavy atom. The fourth-order valence-corrected chi connectivity index (χ4v) is 1.64. The van der Waals surface area contributed by atoms with Crippen molar-refractivity contribution in [1.82, 2.24) is 10.6 Å². The third-order valence-electron chi connectivity index (χ3n) is 2.78. The summed E-state index contributed by atoms with van der Waals surface area (Å²) >= 11 is 0. The zero-order valence-electron chi connectivity index (χ0n) is 11.4. The molecule has 0 saturated heterocycles. The second kappa shape index (κ2) is 6.33. The molecule has 2 heteroatoms. The molecule has 1 rings (SSSR count). The van der Waals surface area contributed by atoms with E-state index in [-0.39, 0.29) is 5.41 Å². The van der Waals surface area contributed by atoms with Gasteiger partial charge >= 0.3 is 0 Å². The van der Waals surface area contributed by atoms with Crippen LogP contribution in [0.3, 0.4) is 0 Å². The number of allylic oxidation sites excluding steroid dienone is 5. The SMILES string of the molecule is CC/C(=C\NC)NCC1=CC=CC(C)(C)C=C1. The number of rotatable bonds is 5. The lowest BCUT2D eigenvalue weighted by molar-refractivity contribution is 0.626.